The summed E-state index contributed by atoms with van der Waals surface area (Å²) in [5.74, 6) is 0. The van der Waals surface area contributed by atoms with E-state index in [0.29, 0.717) is 0 Å². The van der Waals surface area contributed by atoms with Crippen molar-refractivity contribution < 1.29 is 22.4 Å². The van der Waals surface area contributed by atoms with Gasteiger partial charge in [0.2, 0.25) is 0 Å². The SMILES string of the molecule is Cc1cccc(-c2ccccc2[S-])n1.[Au+]. The van der Waals surface area contributed by atoms with Crippen molar-refractivity contribution >= 4 is 12.6 Å². The molecule has 2 rings (SSSR count). The molecule has 1 aromatic heterocycles. The number of nitrogens with zero attached hydrogens (tertiary/aromatic N) is 1. The van der Waals surface area contributed by atoms with Crippen molar-refractivity contribution in [1.29, 1.82) is 0 Å². The summed E-state index contributed by atoms with van der Waals surface area (Å²) in [6.45, 7) is 1.98. The summed E-state index contributed by atoms with van der Waals surface area (Å²) in [7, 11) is 0. The first-order valence-corrected chi connectivity index (χ1v) is 4.88. The summed E-state index contributed by atoms with van der Waals surface area (Å²) in [5, 5.41) is 0. The van der Waals surface area contributed by atoms with E-state index in [1.807, 2.05) is 49.4 Å². The van der Waals surface area contributed by atoms with Crippen molar-refractivity contribution in [2.75, 3.05) is 0 Å². The molecule has 0 bridgehead atoms. The quantitative estimate of drug-likeness (QED) is 0.542. The average Bonchev–Trinajstić information content (AvgIpc) is 2.18. The molecule has 0 N–H and O–H groups in total. The second-order valence-electron chi connectivity index (χ2n) is 3.16. The van der Waals surface area contributed by atoms with Crippen LogP contribution >= 0.6 is 0 Å². The second kappa shape index (κ2) is 5.42. The molecule has 0 aliphatic rings. The van der Waals surface area contributed by atoms with Crippen molar-refractivity contribution in [2.45, 2.75) is 11.8 Å². The maximum atomic E-state index is 5.24. The van der Waals surface area contributed by atoms with Gasteiger partial charge in [-0.2, -0.15) is 4.90 Å². The molecule has 0 amide bonds. The minimum Gasteiger partial charge on any atom is -0.779 e. The molecule has 1 aromatic carbocycles. The number of hydrogen-bond acceptors (Lipinski definition) is 2. The molecule has 0 aliphatic carbocycles. The Morgan fingerprint density at radius 3 is 2.40 bits per heavy atom. The molecule has 15 heavy (non-hydrogen) atoms. The first kappa shape index (κ1) is 12.4. The van der Waals surface area contributed by atoms with E-state index in [0.717, 1.165) is 21.8 Å². The molecule has 3 heteroatoms. The predicted octanol–water partition coefficient (Wildman–Crippen LogP) is 2.96. The number of pyridine rings is 1. The Labute approximate surface area is 111 Å². The van der Waals surface area contributed by atoms with Crippen molar-refractivity contribution in [3.63, 3.8) is 0 Å². The maximum Gasteiger partial charge on any atom is 1.00 e. The van der Waals surface area contributed by atoms with Crippen LogP contribution in [0.4, 0.5) is 0 Å². The van der Waals surface area contributed by atoms with E-state index in [9.17, 15) is 0 Å². The number of benzene rings is 1. The Morgan fingerprint density at radius 1 is 1.00 bits per heavy atom. The molecule has 0 saturated heterocycles. The average molecular weight is 397 g/mol. The Bertz CT molecular complexity index is 457. The maximum absolute atomic E-state index is 5.24. The molecule has 0 radical (unpaired) electrons. The zero-order chi connectivity index (χ0) is 9.97. The van der Waals surface area contributed by atoms with Crippen LogP contribution in [0.2, 0.25) is 0 Å². The van der Waals surface area contributed by atoms with Gasteiger partial charge in [-0.25, -0.2) is 0 Å². The van der Waals surface area contributed by atoms with Crippen LogP contribution in [-0.2, 0) is 35.0 Å². The molecule has 0 saturated carbocycles. The first-order valence-electron chi connectivity index (χ1n) is 4.47. The molecule has 0 aliphatic heterocycles. The molecule has 1 nitrogen and oxygen atoms in total. The Balaban J connectivity index is 0.00000112. The molecule has 0 atom stereocenters. The molecular weight excluding hydrogens is 387 g/mol. The predicted molar refractivity (Wildman–Crippen MR) is 60.0 cm³/mol. The van der Waals surface area contributed by atoms with Gasteiger partial charge in [0.25, 0.3) is 0 Å². The zero-order valence-corrected chi connectivity index (χ0v) is 11.2. The summed E-state index contributed by atoms with van der Waals surface area (Å²) in [6.07, 6.45) is 0. The molecule has 0 fully saturated rings. The standard InChI is InChI=1S/C12H11NS.Au/c1-9-5-4-7-11(13-9)10-6-2-3-8-12(10)14;/h2-8,14H,1H3;/q;+1/p-1. The molecule has 0 spiro atoms. The minimum absolute atomic E-state index is 0. The molecule has 80 valence electrons. The Kier molecular flexibility index (Phi) is 4.48. The monoisotopic (exact) mass is 397 g/mol. The van der Waals surface area contributed by atoms with Gasteiger partial charge < -0.3 is 12.6 Å². The van der Waals surface area contributed by atoms with E-state index >= 15 is 0 Å². The summed E-state index contributed by atoms with van der Waals surface area (Å²) in [6, 6.07) is 13.8. The van der Waals surface area contributed by atoms with E-state index in [4.69, 9.17) is 12.6 Å². The van der Waals surface area contributed by atoms with Gasteiger partial charge in [0, 0.05) is 5.69 Å². The van der Waals surface area contributed by atoms with Crippen LogP contribution in [0, 0.1) is 6.92 Å². The van der Waals surface area contributed by atoms with Crippen molar-refractivity contribution in [3.05, 3.63) is 48.2 Å². The van der Waals surface area contributed by atoms with Crippen LogP contribution in [0.1, 0.15) is 5.69 Å². The van der Waals surface area contributed by atoms with Gasteiger partial charge in [0.05, 0.1) is 5.69 Å². The van der Waals surface area contributed by atoms with E-state index in [1.165, 1.54) is 0 Å². The van der Waals surface area contributed by atoms with Gasteiger partial charge >= 0.3 is 22.4 Å². The van der Waals surface area contributed by atoms with Crippen LogP contribution in [-0.4, -0.2) is 4.98 Å². The van der Waals surface area contributed by atoms with Crippen LogP contribution in [0.25, 0.3) is 11.3 Å². The summed E-state index contributed by atoms with van der Waals surface area (Å²) in [4.78, 5) is 5.29. The molecule has 1 heterocycles. The van der Waals surface area contributed by atoms with Crippen LogP contribution in [0.5, 0.6) is 0 Å². The fourth-order valence-corrected chi connectivity index (χ4v) is 1.62. The number of aromatic nitrogens is 1. The van der Waals surface area contributed by atoms with E-state index in [-0.39, 0.29) is 22.4 Å². The fraction of sp³-hybridized carbons (Fsp3) is 0.0833. The van der Waals surface area contributed by atoms with Gasteiger partial charge in [-0.15, -0.1) is 0 Å². The van der Waals surface area contributed by atoms with Crippen LogP contribution in [0.15, 0.2) is 47.4 Å². The number of aryl methyl sites for hydroxylation is 1. The Morgan fingerprint density at radius 2 is 1.73 bits per heavy atom. The normalized spacial score (nSPS) is 9.40. The second-order valence-corrected chi connectivity index (χ2v) is 3.60. The molecular formula is C12H10AuNS. The first-order chi connectivity index (χ1) is 6.77. The molecule has 0 unspecified atom stereocenters. The van der Waals surface area contributed by atoms with Crippen molar-refractivity contribution in [1.82, 2.24) is 4.98 Å². The zero-order valence-electron chi connectivity index (χ0n) is 8.20. The van der Waals surface area contributed by atoms with Gasteiger partial charge in [-0.3, -0.25) is 4.98 Å². The topological polar surface area (TPSA) is 12.9 Å². The van der Waals surface area contributed by atoms with Gasteiger partial charge in [-0.1, -0.05) is 30.3 Å². The third kappa shape index (κ3) is 2.89. The fourth-order valence-electron chi connectivity index (χ4n) is 1.37. The van der Waals surface area contributed by atoms with Crippen LogP contribution in [0.3, 0.4) is 0 Å². The van der Waals surface area contributed by atoms with Gasteiger partial charge in [-0.05, 0) is 24.6 Å². The summed E-state index contributed by atoms with van der Waals surface area (Å²) < 4.78 is 0. The largest absolute Gasteiger partial charge is 1.00 e. The van der Waals surface area contributed by atoms with Gasteiger partial charge in [0.1, 0.15) is 0 Å². The van der Waals surface area contributed by atoms with E-state index in [1.54, 1.807) is 0 Å². The van der Waals surface area contributed by atoms with Crippen LogP contribution < -0.4 is 0 Å². The van der Waals surface area contributed by atoms with Crippen molar-refractivity contribution in [2.24, 2.45) is 0 Å². The van der Waals surface area contributed by atoms with E-state index in [2.05, 4.69) is 4.98 Å². The third-order valence-electron chi connectivity index (χ3n) is 2.05. The smallest absolute Gasteiger partial charge is 0.779 e. The van der Waals surface area contributed by atoms with Gasteiger partial charge in [0.15, 0.2) is 0 Å². The number of rotatable bonds is 1. The summed E-state index contributed by atoms with van der Waals surface area (Å²) in [5.41, 5.74) is 3.00. The Hall–Kier alpha value is -0.670. The van der Waals surface area contributed by atoms with E-state index < -0.39 is 0 Å². The number of hydrogen-bond donors (Lipinski definition) is 0. The molecule has 2 aromatic rings. The minimum atomic E-state index is 0. The van der Waals surface area contributed by atoms with Crippen molar-refractivity contribution in [3.8, 4) is 11.3 Å². The summed E-state index contributed by atoms with van der Waals surface area (Å²) >= 11 is 5.24. The third-order valence-corrected chi connectivity index (χ3v) is 2.41.